The van der Waals surface area contributed by atoms with Crippen molar-refractivity contribution in [1.82, 2.24) is 10.2 Å². The Kier molecular flexibility index (Phi) is 4.74. The van der Waals surface area contributed by atoms with Crippen LogP contribution in [0, 0.1) is 11.3 Å². The molecule has 96 valence electrons. The minimum absolute atomic E-state index is 0.327. The van der Waals surface area contributed by atoms with Crippen LogP contribution in [0.15, 0.2) is 30.3 Å². The van der Waals surface area contributed by atoms with E-state index >= 15 is 0 Å². The summed E-state index contributed by atoms with van der Waals surface area (Å²) in [6, 6.07) is 13.7. The fraction of sp³-hybridized carbons (Fsp3) is 0.533. The molecule has 1 saturated heterocycles. The first kappa shape index (κ1) is 13.1. The predicted molar refractivity (Wildman–Crippen MR) is 73.0 cm³/mol. The molecule has 0 aliphatic carbocycles. The lowest BCUT2D eigenvalue weighted by molar-refractivity contribution is 0.146. The number of nitriles is 1. The molecule has 2 unspecified atom stereocenters. The zero-order valence-corrected chi connectivity index (χ0v) is 11.0. The molecule has 3 heteroatoms. The zero-order chi connectivity index (χ0) is 12.8. The second kappa shape index (κ2) is 6.53. The first-order valence-corrected chi connectivity index (χ1v) is 6.68. The van der Waals surface area contributed by atoms with Crippen LogP contribution in [-0.4, -0.2) is 30.1 Å². The second-order valence-electron chi connectivity index (χ2n) is 5.02. The minimum atomic E-state index is 0.327. The predicted octanol–water partition coefficient (Wildman–Crippen LogP) is 2.15. The number of hydrogen-bond donors (Lipinski definition) is 1. The van der Waals surface area contributed by atoms with Crippen LogP contribution in [-0.2, 0) is 6.54 Å². The van der Waals surface area contributed by atoms with Gasteiger partial charge >= 0.3 is 0 Å². The van der Waals surface area contributed by atoms with Crippen molar-refractivity contribution >= 4 is 0 Å². The van der Waals surface area contributed by atoms with Gasteiger partial charge < -0.3 is 5.32 Å². The Labute approximate surface area is 109 Å². The lowest BCUT2D eigenvalue weighted by Gasteiger charge is -2.33. The van der Waals surface area contributed by atoms with E-state index in [4.69, 9.17) is 5.26 Å². The topological polar surface area (TPSA) is 39.1 Å². The summed E-state index contributed by atoms with van der Waals surface area (Å²) in [6.45, 7) is 5.18. The summed E-state index contributed by atoms with van der Waals surface area (Å²) >= 11 is 0. The first-order chi connectivity index (χ1) is 8.81. The van der Waals surface area contributed by atoms with Gasteiger partial charge in [-0.3, -0.25) is 4.90 Å². The molecule has 1 aromatic carbocycles. The summed E-state index contributed by atoms with van der Waals surface area (Å²) < 4.78 is 0. The SMILES string of the molecule is CC1CCNCC(CC#N)N1Cc1ccccc1. The van der Waals surface area contributed by atoms with Crippen molar-refractivity contribution in [3.63, 3.8) is 0 Å². The van der Waals surface area contributed by atoms with Crippen LogP contribution >= 0.6 is 0 Å². The van der Waals surface area contributed by atoms with Crippen molar-refractivity contribution in [3.8, 4) is 6.07 Å². The average Bonchev–Trinajstić information content (AvgIpc) is 2.56. The Morgan fingerprint density at radius 2 is 2.17 bits per heavy atom. The van der Waals surface area contributed by atoms with E-state index in [-0.39, 0.29) is 0 Å². The molecule has 1 aliphatic rings. The van der Waals surface area contributed by atoms with Crippen molar-refractivity contribution in [3.05, 3.63) is 35.9 Å². The number of benzene rings is 1. The van der Waals surface area contributed by atoms with Crippen LogP contribution in [0.5, 0.6) is 0 Å². The van der Waals surface area contributed by atoms with Gasteiger partial charge in [0.25, 0.3) is 0 Å². The summed E-state index contributed by atoms with van der Waals surface area (Å²) in [5.74, 6) is 0. The van der Waals surface area contributed by atoms with Gasteiger partial charge in [0, 0.05) is 25.2 Å². The van der Waals surface area contributed by atoms with E-state index in [1.807, 2.05) is 6.07 Å². The number of nitrogens with zero attached hydrogens (tertiary/aromatic N) is 2. The molecule has 1 aromatic rings. The van der Waals surface area contributed by atoms with Crippen molar-refractivity contribution in [1.29, 1.82) is 5.26 Å². The highest BCUT2D eigenvalue weighted by Gasteiger charge is 2.25. The van der Waals surface area contributed by atoms with E-state index in [1.165, 1.54) is 5.56 Å². The molecule has 1 aliphatic heterocycles. The van der Waals surface area contributed by atoms with Crippen molar-refractivity contribution < 1.29 is 0 Å². The average molecular weight is 243 g/mol. The summed E-state index contributed by atoms with van der Waals surface area (Å²) in [6.07, 6.45) is 1.75. The lowest BCUT2D eigenvalue weighted by Crippen LogP contribution is -2.42. The largest absolute Gasteiger partial charge is 0.315 e. The van der Waals surface area contributed by atoms with Gasteiger partial charge in [0.05, 0.1) is 12.5 Å². The summed E-state index contributed by atoms with van der Waals surface area (Å²) in [7, 11) is 0. The molecule has 1 heterocycles. The van der Waals surface area contributed by atoms with Gasteiger partial charge in [0.1, 0.15) is 0 Å². The van der Waals surface area contributed by atoms with Gasteiger partial charge in [0.2, 0.25) is 0 Å². The third-order valence-electron chi connectivity index (χ3n) is 3.69. The van der Waals surface area contributed by atoms with Gasteiger partial charge in [-0.05, 0) is 25.5 Å². The van der Waals surface area contributed by atoms with Gasteiger partial charge in [-0.1, -0.05) is 30.3 Å². The van der Waals surface area contributed by atoms with Crippen LogP contribution in [0.3, 0.4) is 0 Å². The van der Waals surface area contributed by atoms with Crippen LogP contribution in [0.4, 0.5) is 0 Å². The maximum atomic E-state index is 8.98. The highest BCUT2D eigenvalue weighted by Crippen LogP contribution is 2.18. The summed E-state index contributed by atoms with van der Waals surface area (Å²) in [5.41, 5.74) is 1.33. The standard InChI is InChI=1S/C15H21N3/c1-13-8-10-17-11-15(7-9-16)18(13)12-14-5-3-2-4-6-14/h2-6,13,15,17H,7-8,10-12H2,1H3. The fourth-order valence-electron chi connectivity index (χ4n) is 2.60. The molecular weight excluding hydrogens is 222 g/mol. The third kappa shape index (κ3) is 3.32. The van der Waals surface area contributed by atoms with Crippen molar-refractivity contribution in [2.75, 3.05) is 13.1 Å². The summed E-state index contributed by atoms with van der Waals surface area (Å²) in [4.78, 5) is 2.47. The molecule has 0 amide bonds. The molecule has 3 nitrogen and oxygen atoms in total. The van der Waals surface area contributed by atoms with Gasteiger partial charge in [-0.25, -0.2) is 0 Å². The fourth-order valence-corrected chi connectivity index (χ4v) is 2.60. The molecule has 0 radical (unpaired) electrons. The van der Waals surface area contributed by atoms with E-state index in [0.717, 1.165) is 26.1 Å². The van der Waals surface area contributed by atoms with Gasteiger partial charge in [-0.2, -0.15) is 5.26 Å². The molecule has 0 bridgehead atoms. The van der Waals surface area contributed by atoms with E-state index in [1.54, 1.807) is 0 Å². The van der Waals surface area contributed by atoms with Gasteiger partial charge in [-0.15, -0.1) is 0 Å². The van der Waals surface area contributed by atoms with E-state index in [9.17, 15) is 0 Å². The Hall–Kier alpha value is -1.37. The molecule has 0 aromatic heterocycles. The Morgan fingerprint density at radius 1 is 1.39 bits per heavy atom. The van der Waals surface area contributed by atoms with Crippen molar-refractivity contribution in [2.24, 2.45) is 0 Å². The number of hydrogen-bond acceptors (Lipinski definition) is 3. The normalized spacial score (nSPS) is 25.3. The number of rotatable bonds is 3. The Balaban J connectivity index is 2.11. The third-order valence-corrected chi connectivity index (χ3v) is 3.69. The van der Waals surface area contributed by atoms with Crippen LogP contribution in [0.25, 0.3) is 0 Å². The highest BCUT2D eigenvalue weighted by molar-refractivity contribution is 5.15. The molecule has 2 atom stereocenters. The van der Waals surface area contributed by atoms with E-state index in [2.05, 4.69) is 47.5 Å². The molecule has 1 fully saturated rings. The first-order valence-electron chi connectivity index (χ1n) is 6.68. The van der Waals surface area contributed by atoms with E-state index in [0.29, 0.717) is 18.5 Å². The van der Waals surface area contributed by atoms with E-state index < -0.39 is 0 Å². The molecular formula is C15H21N3. The maximum absolute atomic E-state index is 8.98. The van der Waals surface area contributed by atoms with Gasteiger partial charge in [0.15, 0.2) is 0 Å². The summed E-state index contributed by atoms with van der Waals surface area (Å²) in [5, 5.41) is 12.4. The molecule has 0 saturated carbocycles. The number of nitrogens with one attached hydrogen (secondary N) is 1. The lowest BCUT2D eigenvalue weighted by atomic mass is 10.1. The van der Waals surface area contributed by atoms with Crippen molar-refractivity contribution in [2.45, 2.75) is 38.4 Å². The highest BCUT2D eigenvalue weighted by atomic mass is 15.2. The van der Waals surface area contributed by atoms with Crippen LogP contribution in [0.1, 0.15) is 25.3 Å². The molecule has 18 heavy (non-hydrogen) atoms. The zero-order valence-electron chi connectivity index (χ0n) is 11.0. The molecule has 1 N–H and O–H groups in total. The Bertz CT molecular complexity index is 396. The smallest absolute Gasteiger partial charge is 0.0638 e. The Morgan fingerprint density at radius 3 is 2.89 bits per heavy atom. The van der Waals surface area contributed by atoms with Crippen LogP contribution < -0.4 is 5.32 Å². The quantitative estimate of drug-likeness (QED) is 0.884. The monoisotopic (exact) mass is 243 g/mol. The minimum Gasteiger partial charge on any atom is -0.315 e. The molecule has 0 spiro atoms. The second-order valence-corrected chi connectivity index (χ2v) is 5.02. The maximum Gasteiger partial charge on any atom is 0.0638 e. The van der Waals surface area contributed by atoms with Crippen LogP contribution in [0.2, 0.25) is 0 Å². The molecule has 2 rings (SSSR count).